The van der Waals surface area contributed by atoms with E-state index in [1.807, 2.05) is 0 Å². The predicted molar refractivity (Wildman–Crippen MR) is 71.5 cm³/mol. The van der Waals surface area contributed by atoms with Crippen molar-refractivity contribution < 1.29 is 4.74 Å². The summed E-state index contributed by atoms with van der Waals surface area (Å²) in [5.41, 5.74) is 1.26. The van der Waals surface area contributed by atoms with Crippen molar-refractivity contribution in [1.29, 1.82) is 0 Å². The molecule has 2 rings (SSSR count). The molecule has 0 saturated carbocycles. The van der Waals surface area contributed by atoms with Crippen molar-refractivity contribution in [3.05, 3.63) is 29.8 Å². The highest BCUT2D eigenvalue weighted by molar-refractivity contribution is 5.27. The first-order valence-electron chi connectivity index (χ1n) is 6.70. The molecule has 1 aromatic carbocycles. The molecule has 0 aliphatic carbocycles. The number of ether oxygens (including phenoxy) is 1. The van der Waals surface area contributed by atoms with Gasteiger partial charge in [0.05, 0.1) is 6.10 Å². The first-order valence-corrected chi connectivity index (χ1v) is 6.70. The van der Waals surface area contributed by atoms with E-state index in [2.05, 4.69) is 43.4 Å². The maximum atomic E-state index is 6.06. The molecule has 1 fully saturated rings. The van der Waals surface area contributed by atoms with Crippen LogP contribution in [0.3, 0.4) is 0 Å². The van der Waals surface area contributed by atoms with E-state index in [0.29, 0.717) is 12.0 Å². The molecule has 1 heterocycles. The van der Waals surface area contributed by atoms with Gasteiger partial charge in [0, 0.05) is 0 Å². The van der Waals surface area contributed by atoms with Crippen LogP contribution in [-0.4, -0.2) is 19.2 Å². The summed E-state index contributed by atoms with van der Waals surface area (Å²) >= 11 is 0. The maximum Gasteiger partial charge on any atom is 0.119 e. The fraction of sp³-hybridized carbons (Fsp3) is 0.600. The Morgan fingerprint density at radius 2 is 2.18 bits per heavy atom. The second-order valence-electron chi connectivity index (χ2n) is 5.08. The van der Waals surface area contributed by atoms with Gasteiger partial charge in [-0.05, 0) is 69.8 Å². The highest BCUT2D eigenvalue weighted by Crippen LogP contribution is 2.23. The molecule has 2 unspecified atom stereocenters. The van der Waals surface area contributed by atoms with Gasteiger partial charge in [-0.3, -0.25) is 0 Å². The van der Waals surface area contributed by atoms with Gasteiger partial charge in [-0.15, -0.1) is 0 Å². The number of nitrogens with one attached hydrogen (secondary N) is 1. The van der Waals surface area contributed by atoms with E-state index < -0.39 is 0 Å². The normalized spacial score (nSPS) is 22.8. The Balaban J connectivity index is 1.93. The van der Waals surface area contributed by atoms with E-state index in [1.165, 1.54) is 24.8 Å². The molecule has 17 heavy (non-hydrogen) atoms. The summed E-state index contributed by atoms with van der Waals surface area (Å²) in [7, 11) is 0. The molecule has 1 aromatic rings. The molecular formula is C15H23NO. The number of rotatable bonds is 3. The minimum Gasteiger partial charge on any atom is -0.490 e. The summed E-state index contributed by atoms with van der Waals surface area (Å²) in [4.78, 5) is 0. The summed E-state index contributed by atoms with van der Waals surface area (Å²) in [5.74, 6) is 1.69. The molecule has 2 nitrogen and oxygen atoms in total. The van der Waals surface area contributed by atoms with Crippen molar-refractivity contribution in [2.75, 3.05) is 13.1 Å². The number of hydrogen-bond acceptors (Lipinski definition) is 2. The van der Waals surface area contributed by atoms with Gasteiger partial charge in [-0.1, -0.05) is 12.1 Å². The van der Waals surface area contributed by atoms with E-state index in [-0.39, 0.29) is 0 Å². The molecular weight excluding hydrogens is 210 g/mol. The van der Waals surface area contributed by atoms with E-state index >= 15 is 0 Å². The lowest BCUT2D eigenvalue weighted by atomic mass is 9.95. The quantitative estimate of drug-likeness (QED) is 0.866. The average molecular weight is 233 g/mol. The first kappa shape index (κ1) is 12.4. The number of aryl methyl sites for hydroxylation is 1. The Bertz CT molecular complexity index is 343. The van der Waals surface area contributed by atoms with E-state index in [4.69, 9.17) is 4.74 Å². The molecule has 94 valence electrons. The highest BCUT2D eigenvalue weighted by atomic mass is 16.5. The SMILES string of the molecule is Cc1cccc(OC(C)C2CCCNCC2)c1. The van der Waals surface area contributed by atoms with Crippen molar-refractivity contribution in [3.8, 4) is 5.75 Å². The van der Waals surface area contributed by atoms with E-state index in [0.717, 1.165) is 18.8 Å². The zero-order valence-electron chi connectivity index (χ0n) is 10.9. The topological polar surface area (TPSA) is 21.3 Å². The second-order valence-corrected chi connectivity index (χ2v) is 5.08. The molecule has 2 atom stereocenters. The van der Waals surface area contributed by atoms with Crippen molar-refractivity contribution >= 4 is 0 Å². The largest absolute Gasteiger partial charge is 0.490 e. The number of benzene rings is 1. The van der Waals surface area contributed by atoms with Crippen LogP contribution in [0.5, 0.6) is 5.75 Å². The summed E-state index contributed by atoms with van der Waals surface area (Å²) in [5, 5.41) is 3.45. The minimum atomic E-state index is 0.316. The Labute approximate surface area is 104 Å². The van der Waals surface area contributed by atoms with Crippen LogP contribution < -0.4 is 10.1 Å². The summed E-state index contributed by atoms with van der Waals surface area (Å²) in [6.07, 6.45) is 4.09. The lowest BCUT2D eigenvalue weighted by Gasteiger charge is -2.23. The van der Waals surface area contributed by atoms with Gasteiger partial charge in [0.1, 0.15) is 5.75 Å². The second kappa shape index (κ2) is 6.06. The van der Waals surface area contributed by atoms with Crippen LogP contribution in [0.1, 0.15) is 31.7 Å². The molecule has 1 N–H and O–H groups in total. The molecule has 2 heteroatoms. The molecule has 1 aliphatic heterocycles. The van der Waals surface area contributed by atoms with Crippen LogP contribution in [0.15, 0.2) is 24.3 Å². The zero-order chi connectivity index (χ0) is 12.1. The van der Waals surface area contributed by atoms with E-state index in [1.54, 1.807) is 0 Å². The third-order valence-corrected chi connectivity index (χ3v) is 3.60. The van der Waals surface area contributed by atoms with Gasteiger partial charge in [0.15, 0.2) is 0 Å². The van der Waals surface area contributed by atoms with Gasteiger partial charge in [0.25, 0.3) is 0 Å². The van der Waals surface area contributed by atoms with Gasteiger partial charge < -0.3 is 10.1 Å². The van der Waals surface area contributed by atoms with Crippen molar-refractivity contribution in [1.82, 2.24) is 5.32 Å². The monoisotopic (exact) mass is 233 g/mol. The lowest BCUT2D eigenvalue weighted by Crippen LogP contribution is -2.24. The van der Waals surface area contributed by atoms with Crippen molar-refractivity contribution in [2.45, 2.75) is 39.2 Å². The molecule has 1 saturated heterocycles. The molecule has 0 spiro atoms. The smallest absolute Gasteiger partial charge is 0.119 e. The van der Waals surface area contributed by atoms with Crippen LogP contribution in [0, 0.1) is 12.8 Å². The fourth-order valence-corrected chi connectivity index (χ4v) is 2.51. The maximum absolute atomic E-state index is 6.06. The van der Waals surface area contributed by atoms with Crippen molar-refractivity contribution in [2.24, 2.45) is 5.92 Å². The standard InChI is InChI=1S/C15H23NO/c1-12-5-3-7-15(11-12)17-13(2)14-6-4-9-16-10-8-14/h3,5,7,11,13-14,16H,4,6,8-10H2,1-2H3. The Morgan fingerprint density at radius 1 is 1.29 bits per heavy atom. The molecule has 0 bridgehead atoms. The fourth-order valence-electron chi connectivity index (χ4n) is 2.51. The summed E-state index contributed by atoms with van der Waals surface area (Å²) < 4.78 is 6.06. The third-order valence-electron chi connectivity index (χ3n) is 3.60. The first-order chi connectivity index (χ1) is 8.25. The third kappa shape index (κ3) is 3.74. The predicted octanol–water partition coefficient (Wildman–Crippen LogP) is 3.15. The molecule has 1 aliphatic rings. The van der Waals surface area contributed by atoms with Gasteiger partial charge >= 0.3 is 0 Å². The van der Waals surface area contributed by atoms with E-state index in [9.17, 15) is 0 Å². The average Bonchev–Trinajstić information content (AvgIpc) is 2.57. The van der Waals surface area contributed by atoms with Crippen LogP contribution in [0.2, 0.25) is 0 Å². The van der Waals surface area contributed by atoms with Crippen LogP contribution in [0.25, 0.3) is 0 Å². The van der Waals surface area contributed by atoms with Crippen LogP contribution in [0.4, 0.5) is 0 Å². The zero-order valence-corrected chi connectivity index (χ0v) is 10.9. The molecule has 0 radical (unpaired) electrons. The van der Waals surface area contributed by atoms with Gasteiger partial charge in [0.2, 0.25) is 0 Å². The van der Waals surface area contributed by atoms with Crippen molar-refractivity contribution in [3.63, 3.8) is 0 Å². The summed E-state index contributed by atoms with van der Waals surface area (Å²) in [6, 6.07) is 8.34. The number of hydrogen-bond donors (Lipinski definition) is 1. The van der Waals surface area contributed by atoms with Crippen LogP contribution >= 0.6 is 0 Å². The Morgan fingerprint density at radius 3 is 3.00 bits per heavy atom. The Kier molecular flexibility index (Phi) is 4.43. The Hall–Kier alpha value is -1.02. The van der Waals surface area contributed by atoms with Gasteiger partial charge in [-0.2, -0.15) is 0 Å². The van der Waals surface area contributed by atoms with Gasteiger partial charge in [-0.25, -0.2) is 0 Å². The lowest BCUT2D eigenvalue weighted by molar-refractivity contribution is 0.142. The molecule has 0 aromatic heterocycles. The minimum absolute atomic E-state index is 0.316. The summed E-state index contributed by atoms with van der Waals surface area (Å²) in [6.45, 7) is 6.60. The van der Waals surface area contributed by atoms with Crippen LogP contribution in [-0.2, 0) is 0 Å². The molecule has 0 amide bonds. The highest BCUT2D eigenvalue weighted by Gasteiger charge is 2.20.